The molecule has 0 aliphatic heterocycles. The van der Waals surface area contributed by atoms with Crippen LogP contribution in [0.5, 0.6) is 5.75 Å². The molecule has 0 atom stereocenters. The molecule has 3 rings (SSSR count). The number of hydrogen-bond donors (Lipinski definition) is 1. The number of nitrogens with one attached hydrogen (secondary N) is 1. The Morgan fingerprint density at radius 3 is 2.85 bits per heavy atom. The number of amides is 1. The first-order valence-corrected chi connectivity index (χ1v) is 10.1. The van der Waals surface area contributed by atoms with Crippen molar-refractivity contribution >= 4 is 45.4 Å². The minimum Gasteiger partial charge on any atom is -0.494 e. The number of hydrazone groups is 1. The van der Waals surface area contributed by atoms with Gasteiger partial charge in [-0.25, -0.2) is 10.4 Å². The summed E-state index contributed by atoms with van der Waals surface area (Å²) in [6.07, 6.45) is 2.59. The van der Waals surface area contributed by atoms with Gasteiger partial charge in [0.25, 0.3) is 5.91 Å². The second kappa shape index (κ2) is 9.35. The van der Waals surface area contributed by atoms with E-state index in [1.54, 1.807) is 17.6 Å². The second-order valence-electron chi connectivity index (χ2n) is 5.45. The van der Waals surface area contributed by atoms with Gasteiger partial charge in [0.05, 0.1) is 28.8 Å². The number of benzene rings is 2. The van der Waals surface area contributed by atoms with E-state index in [1.807, 2.05) is 48.5 Å². The molecule has 1 N–H and O–H groups in total. The van der Waals surface area contributed by atoms with E-state index in [0.717, 1.165) is 32.3 Å². The van der Waals surface area contributed by atoms with Crippen LogP contribution in [-0.2, 0) is 4.79 Å². The highest BCUT2D eigenvalue weighted by Gasteiger charge is 2.06. The van der Waals surface area contributed by atoms with E-state index in [0.29, 0.717) is 6.61 Å². The zero-order valence-electron chi connectivity index (χ0n) is 14.3. The van der Waals surface area contributed by atoms with E-state index in [-0.39, 0.29) is 11.7 Å². The summed E-state index contributed by atoms with van der Waals surface area (Å²) in [5.74, 6) is 0.953. The lowest BCUT2D eigenvalue weighted by molar-refractivity contribution is -0.118. The average Bonchev–Trinajstić information content (AvgIpc) is 3.09. The lowest BCUT2D eigenvalue weighted by atomic mass is 10.2. The number of rotatable bonds is 8. The van der Waals surface area contributed by atoms with Crippen LogP contribution in [0.3, 0.4) is 0 Å². The molecule has 0 bridgehead atoms. The predicted octanol–water partition coefficient (Wildman–Crippen LogP) is 4.33. The number of carbonyl (C=O) groups excluding carboxylic acids is 1. The molecule has 0 spiro atoms. The zero-order valence-corrected chi connectivity index (χ0v) is 16.0. The minimum absolute atomic E-state index is 0.159. The largest absolute Gasteiger partial charge is 0.494 e. The molecule has 134 valence electrons. The molecule has 0 unspecified atom stereocenters. The third kappa shape index (κ3) is 5.31. The minimum atomic E-state index is -0.159. The smallest absolute Gasteiger partial charge is 0.250 e. The number of ether oxygens (including phenoxy) is 1. The predicted molar refractivity (Wildman–Crippen MR) is 108 cm³/mol. The molecule has 0 aliphatic carbocycles. The Morgan fingerprint density at radius 1 is 1.27 bits per heavy atom. The number of carbonyl (C=O) groups is 1. The fourth-order valence-corrected chi connectivity index (χ4v) is 3.98. The van der Waals surface area contributed by atoms with E-state index in [2.05, 4.69) is 22.4 Å². The summed E-state index contributed by atoms with van der Waals surface area (Å²) in [4.78, 5) is 16.4. The van der Waals surface area contributed by atoms with Gasteiger partial charge in [-0.3, -0.25) is 4.79 Å². The van der Waals surface area contributed by atoms with Crippen LogP contribution >= 0.6 is 23.1 Å². The van der Waals surface area contributed by atoms with Gasteiger partial charge >= 0.3 is 0 Å². The first kappa shape index (κ1) is 18.4. The van der Waals surface area contributed by atoms with Gasteiger partial charge in [0, 0.05) is 0 Å². The van der Waals surface area contributed by atoms with Crippen molar-refractivity contribution in [3.05, 3.63) is 54.1 Å². The van der Waals surface area contributed by atoms with E-state index < -0.39 is 0 Å². The Morgan fingerprint density at radius 2 is 2.08 bits per heavy atom. The average molecular weight is 386 g/mol. The van der Waals surface area contributed by atoms with Crippen LogP contribution in [0.25, 0.3) is 10.2 Å². The Hall–Kier alpha value is -2.38. The Kier molecular flexibility index (Phi) is 6.62. The molecule has 1 amide bonds. The molecule has 3 aromatic rings. The molecule has 2 aromatic carbocycles. The molecular formula is C19H19N3O2S2. The van der Waals surface area contributed by atoms with E-state index >= 15 is 0 Å². The topological polar surface area (TPSA) is 63.6 Å². The van der Waals surface area contributed by atoms with Crippen LogP contribution in [-0.4, -0.2) is 29.5 Å². The normalized spacial score (nSPS) is 11.1. The van der Waals surface area contributed by atoms with Crippen molar-refractivity contribution in [2.24, 2.45) is 5.10 Å². The summed E-state index contributed by atoms with van der Waals surface area (Å²) in [6.45, 7) is 2.77. The highest BCUT2D eigenvalue weighted by Crippen LogP contribution is 2.28. The van der Waals surface area contributed by atoms with Gasteiger partial charge in [-0.1, -0.05) is 30.8 Å². The molecular weight excluding hydrogens is 366 g/mol. The van der Waals surface area contributed by atoms with E-state index in [1.165, 1.54) is 11.8 Å². The molecule has 0 radical (unpaired) electrons. The lowest BCUT2D eigenvalue weighted by Gasteiger charge is -2.03. The molecule has 1 aromatic heterocycles. The summed E-state index contributed by atoms with van der Waals surface area (Å²) >= 11 is 3.00. The SMILES string of the molecule is CCCOc1ccc(C=NNC(=O)CSc2nc3ccccc3s2)cc1. The summed E-state index contributed by atoms with van der Waals surface area (Å²) in [5.41, 5.74) is 4.40. The quantitative estimate of drug-likeness (QED) is 0.356. The highest BCUT2D eigenvalue weighted by atomic mass is 32.2. The molecule has 0 fully saturated rings. The maximum atomic E-state index is 11.9. The number of para-hydroxylation sites is 1. The van der Waals surface area contributed by atoms with Crippen molar-refractivity contribution in [2.45, 2.75) is 17.7 Å². The molecule has 26 heavy (non-hydrogen) atoms. The van der Waals surface area contributed by atoms with Crippen LogP contribution in [0.4, 0.5) is 0 Å². The molecule has 0 saturated carbocycles. The molecule has 1 heterocycles. The number of aromatic nitrogens is 1. The summed E-state index contributed by atoms with van der Waals surface area (Å²) in [6, 6.07) is 15.5. The fourth-order valence-electron chi connectivity index (χ4n) is 2.12. The van der Waals surface area contributed by atoms with Crippen LogP contribution in [0.15, 0.2) is 58.0 Å². The van der Waals surface area contributed by atoms with Gasteiger partial charge in [-0.05, 0) is 48.4 Å². The first-order valence-electron chi connectivity index (χ1n) is 8.28. The van der Waals surface area contributed by atoms with Gasteiger partial charge in [-0.2, -0.15) is 5.10 Å². The third-order valence-electron chi connectivity index (χ3n) is 3.36. The maximum absolute atomic E-state index is 11.9. The van der Waals surface area contributed by atoms with Crippen LogP contribution < -0.4 is 10.2 Å². The van der Waals surface area contributed by atoms with Gasteiger partial charge in [0.2, 0.25) is 0 Å². The van der Waals surface area contributed by atoms with Crippen LogP contribution in [0.2, 0.25) is 0 Å². The van der Waals surface area contributed by atoms with Crippen molar-refractivity contribution in [1.29, 1.82) is 0 Å². The van der Waals surface area contributed by atoms with Crippen LogP contribution in [0, 0.1) is 0 Å². The molecule has 0 saturated heterocycles. The second-order valence-corrected chi connectivity index (χ2v) is 7.70. The lowest BCUT2D eigenvalue weighted by Crippen LogP contribution is -2.19. The Bertz CT molecular complexity index is 858. The number of nitrogens with zero attached hydrogens (tertiary/aromatic N) is 2. The number of thioether (sulfide) groups is 1. The Balaban J connectivity index is 1.45. The van der Waals surface area contributed by atoms with Crippen molar-refractivity contribution in [2.75, 3.05) is 12.4 Å². The monoisotopic (exact) mass is 385 g/mol. The maximum Gasteiger partial charge on any atom is 0.250 e. The van der Waals surface area contributed by atoms with Gasteiger partial charge in [0.15, 0.2) is 4.34 Å². The first-order chi connectivity index (χ1) is 12.7. The van der Waals surface area contributed by atoms with Crippen molar-refractivity contribution in [3.63, 3.8) is 0 Å². The van der Waals surface area contributed by atoms with E-state index in [4.69, 9.17) is 4.74 Å². The Labute approximate surface area is 160 Å². The molecule has 7 heteroatoms. The molecule has 0 aliphatic rings. The van der Waals surface area contributed by atoms with Gasteiger partial charge in [0.1, 0.15) is 5.75 Å². The van der Waals surface area contributed by atoms with Crippen LogP contribution in [0.1, 0.15) is 18.9 Å². The highest BCUT2D eigenvalue weighted by molar-refractivity contribution is 8.01. The third-order valence-corrected chi connectivity index (χ3v) is 5.54. The number of thiazole rings is 1. The van der Waals surface area contributed by atoms with Gasteiger partial charge < -0.3 is 4.74 Å². The van der Waals surface area contributed by atoms with Crippen molar-refractivity contribution < 1.29 is 9.53 Å². The van der Waals surface area contributed by atoms with Gasteiger partial charge in [-0.15, -0.1) is 11.3 Å². The summed E-state index contributed by atoms with van der Waals surface area (Å²) < 4.78 is 7.53. The fraction of sp³-hybridized carbons (Fsp3) is 0.211. The van der Waals surface area contributed by atoms with Crippen molar-refractivity contribution in [3.8, 4) is 5.75 Å². The van der Waals surface area contributed by atoms with Crippen molar-refractivity contribution in [1.82, 2.24) is 10.4 Å². The van der Waals surface area contributed by atoms with E-state index in [9.17, 15) is 4.79 Å². The zero-order chi connectivity index (χ0) is 18.2. The summed E-state index contributed by atoms with van der Waals surface area (Å²) in [7, 11) is 0. The molecule has 5 nitrogen and oxygen atoms in total. The standard InChI is InChI=1S/C19H19N3O2S2/c1-2-11-24-15-9-7-14(8-10-15)12-20-22-18(23)13-25-19-21-16-5-3-4-6-17(16)26-19/h3-10,12H,2,11,13H2,1H3,(H,22,23). The number of hydrogen-bond acceptors (Lipinski definition) is 6. The number of fused-ring (bicyclic) bond motifs is 1. The summed E-state index contributed by atoms with van der Waals surface area (Å²) in [5, 5.41) is 3.99.